The maximum Gasteiger partial charge on any atom is 0.335 e. The van der Waals surface area contributed by atoms with Crippen LogP contribution in [-0.2, 0) is 29.8 Å². The Morgan fingerprint density at radius 3 is 2.54 bits per heavy atom. The van der Waals surface area contributed by atoms with E-state index >= 15 is 0 Å². The molecule has 1 N–H and O–H groups in total. The summed E-state index contributed by atoms with van der Waals surface area (Å²) in [6.07, 6.45) is 8.62. The molecule has 6 saturated heterocycles. The van der Waals surface area contributed by atoms with E-state index in [1.165, 1.54) is 16.8 Å². The highest BCUT2D eigenvalue weighted by molar-refractivity contribution is 5.93. The number of rotatable bonds is 2. The van der Waals surface area contributed by atoms with Crippen LogP contribution in [0.1, 0.15) is 62.5 Å². The molecule has 0 radical (unpaired) electrons. The van der Waals surface area contributed by atoms with Gasteiger partial charge in [-0.15, -0.1) is 0 Å². The van der Waals surface area contributed by atoms with Gasteiger partial charge < -0.3 is 29.2 Å². The lowest BCUT2D eigenvalue weighted by atomic mass is 9.47. The number of anilines is 2. The third-order valence-electron chi connectivity index (χ3n) is 16.9. The van der Waals surface area contributed by atoms with Crippen LogP contribution in [-0.4, -0.2) is 100 Å². The summed E-state index contributed by atoms with van der Waals surface area (Å²) in [6, 6.07) is 16.4. The molecule has 2 aromatic rings. The predicted octanol–water partition coefficient (Wildman–Crippen LogP) is 5.11. The number of piperidine rings is 2. The molecule has 270 valence electrons. The Kier molecular flexibility index (Phi) is 5.46. The minimum atomic E-state index is -0.265. The fraction of sp³-hybridized carbons (Fsp3) is 0.605. The van der Waals surface area contributed by atoms with E-state index in [1.807, 2.05) is 7.11 Å². The van der Waals surface area contributed by atoms with Gasteiger partial charge in [-0.2, -0.15) is 0 Å². The number of hydrogen-bond donors (Lipinski definition) is 1. The van der Waals surface area contributed by atoms with Gasteiger partial charge in [-0.1, -0.05) is 30.3 Å². The molecule has 0 aromatic heterocycles. The van der Waals surface area contributed by atoms with Gasteiger partial charge in [-0.25, -0.2) is 4.79 Å². The summed E-state index contributed by atoms with van der Waals surface area (Å²) in [6.45, 7) is 6.83. The number of allylic oxidation sites excluding steroid dienone is 1. The molecular weight excluding hydrogens is 652 g/mol. The third kappa shape index (κ3) is 3.01. The van der Waals surface area contributed by atoms with Gasteiger partial charge in [0, 0.05) is 78.3 Å². The molecule has 6 fully saturated rings. The number of benzene rings is 2. The number of carbonyl (C=O) groups is 1. The molecule has 9 heteroatoms. The van der Waals surface area contributed by atoms with E-state index in [0.717, 1.165) is 114 Å². The third-order valence-corrected chi connectivity index (χ3v) is 16.9. The van der Waals surface area contributed by atoms with Gasteiger partial charge in [0.15, 0.2) is 0 Å². The first-order valence-corrected chi connectivity index (χ1v) is 20.0. The monoisotopic (exact) mass is 700 g/mol. The van der Waals surface area contributed by atoms with Gasteiger partial charge in [0.25, 0.3) is 0 Å². The summed E-state index contributed by atoms with van der Waals surface area (Å²) in [5, 5.41) is 3.81. The van der Waals surface area contributed by atoms with Crippen LogP contribution < -0.4 is 15.0 Å². The van der Waals surface area contributed by atoms with Gasteiger partial charge >= 0.3 is 5.97 Å². The minimum Gasteiger partial charge on any atom is -0.495 e. The van der Waals surface area contributed by atoms with Crippen molar-refractivity contribution in [2.45, 2.75) is 86.5 Å². The molecule has 2 aromatic carbocycles. The number of esters is 1. The first kappa shape index (κ1) is 30.0. The Morgan fingerprint density at radius 2 is 1.63 bits per heavy atom. The second kappa shape index (κ2) is 9.46. The SMILES string of the molecule is COC(=O)C1=C2Nc3ccccc3[C@@]23CCN2C[C@]4(CC5=C6N(C4)c4c(OC)cccc4[C@@]64CCN6CC[C@@H]7OCC[C@]7(C5)[C@@H]64)[C@@H]4OCC[C@]4(C1)[C@H]23. The Hall–Kier alpha value is -3.37. The number of ether oxygens (including phenoxy) is 4. The molecule has 9 heterocycles. The summed E-state index contributed by atoms with van der Waals surface area (Å²) in [4.78, 5) is 22.5. The lowest BCUT2D eigenvalue weighted by Gasteiger charge is -2.65. The van der Waals surface area contributed by atoms with E-state index in [0.29, 0.717) is 18.6 Å². The Balaban J connectivity index is 1.03. The van der Waals surface area contributed by atoms with Crippen molar-refractivity contribution in [1.82, 2.24) is 9.80 Å². The summed E-state index contributed by atoms with van der Waals surface area (Å²) in [5.41, 5.74) is 9.97. The Labute approximate surface area is 305 Å². The molecule has 9 nitrogen and oxygen atoms in total. The number of nitrogens with one attached hydrogen (secondary N) is 1. The fourth-order valence-electron chi connectivity index (χ4n) is 16.1. The topological polar surface area (TPSA) is 75.7 Å². The average Bonchev–Trinajstić information content (AvgIpc) is 4.02. The Morgan fingerprint density at radius 1 is 0.827 bits per heavy atom. The second-order valence-corrected chi connectivity index (χ2v) is 18.4. The molecule has 9 aliphatic heterocycles. The number of nitrogens with zero attached hydrogens (tertiary/aromatic N) is 3. The van der Waals surface area contributed by atoms with Crippen LogP contribution in [0.3, 0.4) is 0 Å². The van der Waals surface area contributed by atoms with Crippen molar-refractivity contribution in [2.24, 2.45) is 16.2 Å². The molecule has 0 unspecified atom stereocenters. The van der Waals surface area contributed by atoms with Crippen molar-refractivity contribution in [1.29, 1.82) is 0 Å². The normalized spacial score (nSPS) is 44.1. The molecule has 9 atom stereocenters. The highest BCUT2D eigenvalue weighted by atomic mass is 16.5. The van der Waals surface area contributed by atoms with Gasteiger partial charge in [0.05, 0.1) is 48.5 Å². The van der Waals surface area contributed by atoms with Crippen LogP contribution in [0.15, 0.2) is 65.0 Å². The van der Waals surface area contributed by atoms with Crippen molar-refractivity contribution in [3.05, 3.63) is 76.1 Å². The zero-order chi connectivity index (χ0) is 34.4. The van der Waals surface area contributed by atoms with E-state index < -0.39 is 0 Å². The molecule has 2 aliphatic carbocycles. The number of carbonyl (C=O) groups excluding carboxylic acids is 1. The molecule has 52 heavy (non-hydrogen) atoms. The largest absolute Gasteiger partial charge is 0.495 e. The van der Waals surface area contributed by atoms with E-state index in [9.17, 15) is 4.79 Å². The first-order valence-electron chi connectivity index (χ1n) is 20.0. The van der Waals surface area contributed by atoms with Crippen molar-refractivity contribution >= 4 is 17.3 Å². The number of fused-ring (bicyclic) bond motifs is 4. The maximum absolute atomic E-state index is 14.0. The summed E-state index contributed by atoms with van der Waals surface area (Å²) < 4.78 is 25.9. The van der Waals surface area contributed by atoms with E-state index in [-0.39, 0.29) is 45.2 Å². The Bertz CT molecular complexity index is 2080. The minimum absolute atomic E-state index is 0.0197. The van der Waals surface area contributed by atoms with Gasteiger partial charge in [-0.3, -0.25) is 9.80 Å². The van der Waals surface area contributed by atoms with Crippen LogP contribution >= 0.6 is 0 Å². The van der Waals surface area contributed by atoms with E-state index in [1.54, 1.807) is 18.4 Å². The van der Waals surface area contributed by atoms with Crippen molar-refractivity contribution in [3.63, 3.8) is 0 Å². The van der Waals surface area contributed by atoms with Crippen LogP contribution in [0.25, 0.3) is 0 Å². The van der Waals surface area contributed by atoms with Gasteiger partial charge in [0.1, 0.15) is 5.75 Å². The van der Waals surface area contributed by atoms with Gasteiger partial charge in [-0.05, 0) is 93.3 Å². The average molecular weight is 701 g/mol. The molecule has 0 saturated carbocycles. The van der Waals surface area contributed by atoms with Crippen LogP contribution in [0.4, 0.5) is 11.4 Å². The fourth-order valence-corrected chi connectivity index (χ4v) is 16.1. The number of hydrogen-bond acceptors (Lipinski definition) is 9. The zero-order valence-corrected chi connectivity index (χ0v) is 30.3. The van der Waals surface area contributed by atoms with E-state index in [2.05, 4.69) is 62.5 Å². The molecule has 0 bridgehead atoms. The quantitative estimate of drug-likeness (QED) is 0.431. The predicted molar refractivity (Wildman–Crippen MR) is 194 cm³/mol. The first-order chi connectivity index (χ1) is 25.4. The summed E-state index contributed by atoms with van der Waals surface area (Å²) in [7, 11) is 3.40. The number of methoxy groups -OCH3 is 2. The summed E-state index contributed by atoms with van der Waals surface area (Å²) >= 11 is 0. The molecule has 11 aliphatic rings. The van der Waals surface area contributed by atoms with Crippen molar-refractivity contribution < 1.29 is 23.7 Å². The van der Waals surface area contributed by atoms with Crippen LogP contribution in [0.2, 0.25) is 0 Å². The van der Waals surface area contributed by atoms with E-state index in [4.69, 9.17) is 18.9 Å². The lowest BCUT2D eigenvalue weighted by Crippen LogP contribution is -2.72. The molecule has 0 amide bonds. The highest BCUT2D eigenvalue weighted by Gasteiger charge is 2.77. The van der Waals surface area contributed by atoms with Crippen LogP contribution in [0.5, 0.6) is 5.75 Å². The molecule has 5 spiro atoms. The smallest absolute Gasteiger partial charge is 0.335 e. The molecule has 13 rings (SSSR count). The second-order valence-electron chi connectivity index (χ2n) is 18.4. The van der Waals surface area contributed by atoms with Crippen molar-refractivity contribution in [2.75, 3.05) is 70.4 Å². The zero-order valence-electron chi connectivity index (χ0n) is 30.3. The molecular formula is C43H48N4O5. The van der Waals surface area contributed by atoms with Crippen molar-refractivity contribution in [3.8, 4) is 5.75 Å². The van der Waals surface area contributed by atoms with Gasteiger partial charge in [0.2, 0.25) is 0 Å². The lowest BCUT2D eigenvalue weighted by molar-refractivity contribution is -0.152. The summed E-state index contributed by atoms with van der Waals surface area (Å²) in [5.74, 6) is 0.809. The maximum atomic E-state index is 14.0. The number of para-hydroxylation sites is 2. The van der Waals surface area contributed by atoms with Crippen LogP contribution in [0, 0.1) is 16.2 Å². The highest BCUT2D eigenvalue weighted by Crippen LogP contribution is 2.75. The standard InChI is InChI=1S/C43H48N4O5/c1-49-30-9-5-7-28-32(30)47-24-39(20-25-21-40-13-18-51-31(40)10-15-45-16-12-43(28,34(25)47)36(40)45)23-46-17-11-42-27-6-3-4-8-29(27)44-33(42)26(35(48)50-2)22-41(37(42)46)14-19-52-38(39)41/h3-9,31,36-38,44H,10-24H2,1-2H3/t31-,36+,37-,38-,39-,40+,41-,42-,43-/m0/s1.